The number of hydrogen-bond donors (Lipinski definition) is 15. The van der Waals surface area contributed by atoms with Crippen molar-refractivity contribution in [1.82, 2.24) is 42.5 Å². The van der Waals surface area contributed by atoms with Crippen molar-refractivity contribution >= 4 is 70.7 Å². The van der Waals surface area contributed by atoms with Gasteiger partial charge in [0.1, 0.15) is 42.3 Å². The predicted octanol–water partition coefficient (Wildman–Crippen LogP) is -5.18. The van der Waals surface area contributed by atoms with Crippen LogP contribution in [0.5, 0.6) is 0 Å². The summed E-state index contributed by atoms with van der Waals surface area (Å²) in [6.45, 7) is 11.7. The van der Waals surface area contributed by atoms with E-state index in [4.69, 9.17) is 15.5 Å². The summed E-state index contributed by atoms with van der Waals surface area (Å²) in [5, 5.41) is 17.7. The quantitative estimate of drug-likeness (QED) is 0.0380. The van der Waals surface area contributed by atoms with Gasteiger partial charge in [-0.05, 0) is 69.2 Å². The highest BCUT2D eigenvalue weighted by atomic mass is 31.2. The minimum atomic E-state index is -5.32. The van der Waals surface area contributed by atoms with E-state index in [0.717, 1.165) is 34.6 Å². The smallest absolute Gasteiger partial charge is 0.349 e. The Morgan fingerprint density at radius 3 is 0.871 bits per heavy atom. The lowest BCUT2D eigenvalue weighted by Gasteiger charge is -2.28. The molecule has 0 spiro atoms. The third kappa shape index (κ3) is 22.4. The molecule has 0 radical (unpaired) electrons. The lowest BCUT2D eigenvalue weighted by molar-refractivity contribution is -0.136. The van der Waals surface area contributed by atoms with E-state index in [9.17, 15) is 71.6 Å². The van der Waals surface area contributed by atoms with Gasteiger partial charge < -0.3 is 77.6 Å². The second-order valence-corrected chi connectivity index (χ2v) is 17.7. The Labute approximate surface area is 355 Å². The van der Waals surface area contributed by atoms with Gasteiger partial charge in [-0.3, -0.25) is 51.9 Å². The van der Waals surface area contributed by atoms with E-state index in [2.05, 4.69) is 56.1 Å². The highest BCUT2D eigenvalue weighted by Gasteiger charge is 2.38. The number of phosphoric ester groups is 3. The van der Waals surface area contributed by atoms with E-state index in [1.54, 1.807) is 0 Å². The first-order valence-electron chi connectivity index (χ1n) is 18.4. The Morgan fingerprint density at radius 1 is 0.371 bits per heavy atom. The molecule has 0 bridgehead atoms. The average molecular weight is 958 g/mol. The monoisotopic (exact) mass is 957 g/mol. The molecule has 8 amide bonds. The third-order valence-electron chi connectivity index (χ3n) is 8.26. The molecule has 62 heavy (non-hydrogen) atoms. The van der Waals surface area contributed by atoms with Gasteiger partial charge in [-0.25, -0.2) is 13.7 Å². The van der Waals surface area contributed by atoms with E-state index < -0.39 is 143 Å². The van der Waals surface area contributed by atoms with E-state index in [1.807, 2.05) is 0 Å². The molecule has 0 aromatic heterocycles. The second kappa shape index (κ2) is 24.8. The SMILES string of the molecule is C[C@H](N)C(=O)N[C@@H](C)C(=O)N[C@H](C(=O)N[C@@H](C)C(=O)N[C@@H](C)C(=O)N[C@H](C(=O)N[C@@H](C)C(=O)N[C@@H](C)C(=O)N[C@H](C)[C@@H](C)OP(=O)(O)O)[C@@H](C)OP(=O)(O)O)[C@@H](C)OP(=O)(O)O. The summed E-state index contributed by atoms with van der Waals surface area (Å²) in [6.07, 6.45) is -4.70. The lowest BCUT2D eigenvalue weighted by Crippen LogP contribution is -2.61. The largest absolute Gasteiger partial charge is 0.469 e. The van der Waals surface area contributed by atoms with Gasteiger partial charge >= 0.3 is 23.5 Å². The molecule has 0 saturated carbocycles. The van der Waals surface area contributed by atoms with E-state index in [0.29, 0.717) is 0 Å². The summed E-state index contributed by atoms with van der Waals surface area (Å²) in [7, 11) is -15.5. The molecule has 358 valence electrons. The van der Waals surface area contributed by atoms with Crippen LogP contribution in [0.15, 0.2) is 0 Å². The van der Waals surface area contributed by atoms with Crippen LogP contribution in [0.2, 0.25) is 0 Å². The second-order valence-electron chi connectivity index (χ2n) is 14.1. The number of carbonyl (C=O) groups is 8. The molecule has 0 saturated heterocycles. The van der Waals surface area contributed by atoms with Gasteiger partial charge in [-0.2, -0.15) is 0 Å². The average Bonchev–Trinajstić information content (AvgIpc) is 3.09. The maximum atomic E-state index is 13.3. The summed E-state index contributed by atoms with van der Waals surface area (Å²) in [4.78, 5) is 158. The molecule has 16 N–H and O–H groups in total. The Kier molecular flexibility index (Phi) is 23.2. The fourth-order valence-corrected chi connectivity index (χ4v) is 6.36. The maximum Gasteiger partial charge on any atom is 0.469 e. The van der Waals surface area contributed by atoms with Crippen LogP contribution in [0.1, 0.15) is 69.2 Å². The number of nitrogens with one attached hydrogen (secondary N) is 8. The van der Waals surface area contributed by atoms with E-state index in [1.165, 1.54) is 34.6 Å². The normalized spacial score (nSPS) is 17.9. The number of phosphoric acid groups is 3. The highest BCUT2D eigenvalue weighted by molar-refractivity contribution is 7.46. The molecular formula is C30H58N9O20P3. The predicted molar refractivity (Wildman–Crippen MR) is 211 cm³/mol. The minimum Gasteiger partial charge on any atom is -0.349 e. The molecular weight excluding hydrogens is 899 g/mol. The van der Waals surface area contributed by atoms with Gasteiger partial charge in [0.2, 0.25) is 47.3 Å². The van der Waals surface area contributed by atoms with Crippen LogP contribution in [0.25, 0.3) is 0 Å². The third-order valence-corrected chi connectivity index (χ3v) is 10.1. The highest BCUT2D eigenvalue weighted by Crippen LogP contribution is 2.39. The van der Waals surface area contributed by atoms with Crippen molar-refractivity contribution in [3.63, 3.8) is 0 Å². The van der Waals surface area contributed by atoms with Crippen molar-refractivity contribution < 1.29 is 95.0 Å². The van der Waals surface area contributed by atoms with Gasteiger partial charge in [0.05, 0.1) is 30.4 Å². The standard InChI is InChI=1S/C30H58N9O20P3/c1-11(31)23(40)33-16(6)27(44)38-21(19(9)58-61(51,52)53)29(46)37-15(5)26(43)35-17(7)28(45)39-22(20(10)59-62(54,55)56)30(47)36-14(4)25(42)34-13(3)24(41)32-12(2)18(8)57-60(48,49)50/h11-22H,31H2,1-10H3,(H,32,41)(H,33,40)(H,34,42)(H,35,43)(H,36,47)(H,37,46)(H,38,44)(H,39,45)(H2,48,49,50)(H2,51,52,53)(H2,54,55,56)/t11-,12+,13-,14-,15-,16-,17-,18+,19+,20+,21-,22-/m0/s1. The number of rotatable bonds is 25. The summed E-state index contributed by atoms with van der Waals surface area (Å²) in [5.41, 5.74) is 5.46. The maximum absolute atomic E-state index is 13.3. The molecule has 0 unspecified atom stereocenters. The van der Waals surface area contributed by atoms with Crippen LogP contribution in [0.4, 0.5) is 0 Å². The lowest BCUT2D eigenvalue weighted by atomic mass is 10.1. The molecule has 0 fully saturated rings. The zero-order valence-electron chi connectivity index (χ0n) is 35.2. The summed E-state index contributed by atoms with van der Waals surface area (Å²) in [5.74, 6) is -8.33. The Morgan fingerprint density at radius 2 is 0.597 bits per heavy atom. The molecule has 0 aliphatic rings. The number of carbonyl (C=O) groups excluding carboxylic acids is 8. The molecule has 29 nitrogen and oxygen atoms in total. The summed E-state index contributed by atoms with van der Waals surface area (Å²) in [6, 6.07) is -13.1. The molecule has 12 atom stereocenters. The molecule has 0 heterocycles. The van der Waals surface area contributed by atoms with Crippen LogP contribution in [0, 0.1) is 0 Å². The van der Waals surface area contributed by atoms with Crippen molar-refractivity contribution in [3.8, 4) is 0 Å². The number of hydrogen-bond acceptors (Lipinski definition) is 15. The molecule has 0 aromatic rings. The first-order valence-corrected chi connectivity index (χ1v) is 23.0. The fourth-order valence-electron chi connectivity index (χ4n) is 4.63. The van der Waals surface area contributed by atoms with Crippen molar-refractivity contribution in [2.24, 2.45) is 5.73 Å². The minimum absolute atomic E-state index is 0.752. The summed E-state index contributed by atoms with van der Waals surface area (Å²) < 4.78 is 47.8. The van der Waals surface area contributed by atoms with Gasteiger partial charge in [0, 0.05) is 0 Å². The van der Waals surface area contributed by atoms with Crippen molar-refractivity contribution in [1.29, 1.82) is 0 Å². The summed E-state index contributed by atoms with van der Waals surface area (Å²) >= 11 is 0. The Bertz CT molecular complexity index is 1770. The molecule has 0 aliphatic heterocycles. The van der Waals surface area contributed by atoms with Crippen LogP contribution in [0.3, 0.4) is 0 Å². The van der Waals surface area contributed by atoms with Crippen LogP contribution in [-0.4, -0.2) is 149 Å². The molecule has 32 heteroatoms. The topological polar surface area (TPSA) is 459 Å². The van der Waals surface area contributed by atoms with Gasteiger partial charge in [-0.15, -0.1) is 0 Å². The first-order chi connectivity index (χ1) is 28.0. The number of nitrogens with two attached hydrogens (primary N) is 1. The van der Waals surface area contributed by atoms with Crippen molar-refractivity contribution in [2.45, 2.75) is 142 Å². The van der Waals surface area contributed by atoms with Gasteiger partial charge in [0.15, 0.2) is 0 Å². The Hall–Kier alpha value is -3.95. The van der Waals surface area contributed by atoms with Crippen molar-refractivity contribution in [2.75, 3.05) is 0 Å². The van der Waals surface area contributed by atoms with Crippen LogP contribution >= 0.6 is 23.5 Å². The van der Waals surface area contributed by atoms with Crippen LogP contribution < -0.4 is 48.3 Å². The van der Waals surface area contributed by atoms with E-state index >= 15 is 0 Å². The molecule has 0 aromatic carbocycles. The fraction of sp³-hybridized carbons (Fsp3) is 0.733. The molecule has 0 rings (SSSR count). The zero-order valence-corrected chi connectivity index (χ0v) is 37.9. The molecule has 0 aliphatic carbocycles. The van der Waals surface area contributed by atoms with Crippen molar-refractivity contribution in [3.05, 3.63) is 0 Å². The van der Waals surface area contributed by atoms with Crippen LogP contribution in [-0.2, 0) is 65.6 Å². The van der Waals surface area contributed by atoms with E-state index in [-0.39, 0.29) is 0 Å². The number of amides is 8. The Balaban J connectivity index is 5.90. The first kappa shape index (κ1) is 58.0. The van der Waals surface area contributed by atoms with Gasteiger partial charge in [0.25, 0.3) is 0 Å². The zero-order chi connectivity index (χ0) is 48.8. The van der Waals surface area contributed by atoms with Gasteiger partial charge in [-0.1, -0.05) is 0 Å².